The number of anilines is 1. The maximum absolute atomic E-state index is 12.8. The number of nitriles is 1. The summed E-state index contributed by atoms with van der Waals surface area (Å²) in [5.41, 5.74) is 2.03. The first kappa shape index (κ1) is 15.1. The molecule has 1 unspecified atom stereocenters. The molecule has 6 heteroatoms. The van der Waals surface area contributed by atoms with Crippen LogP contribution in [0, 0.1) is 18.3 Å². The number of carboxylic acids is 1. The molecule has 1 aliphatic heterocycles. The Labute approximate surface area is 137 Å². The second kappa shape index (κ2) is 5.41. The normalized spacial score (nSPS) is 16.1. The number of benzene rings is 2. The van der Waals surface area contributed by atoms with Crippen molar-refractivity contribution < 1.29 is 14.7 Å². The minimum atomic E-state index is -1.09. The van der Waals surface area contributed by atoms with Gasteiger partial charge in [0.25, 0.3) is 5.91 Å². The number of carbonyl (C=O) groups is 2. The fraction of sp³-hybridized carbons (Fsp3) is 0.118. The predicted octanol–water partition coefficient (Wildman–Crippen LogP) is 3.57. The first-order chi connectivity index (χ1) is 11.0. The summed E-state index contributed by atoms with van der Waals surface area (Å²) in [6.07, 6.45) is 0. The zero-order valence-electron chi connectivity index (χ0n) is 12.1. The Morgan fingerprint density at radius 1 is 1.35 bits per heavy atom. The van der Waals surface area contributed by atoms with E-state index in [4.69, 9.17) is 16.7 Å². The van der Waals surface area contributed by atoms with E-state index in [2.05, 4.69) is 6.07 Å². The molecular weight excluding hydrogens is 316 g/mol. The van der Waals surface area contributed by atoms with Crippen molar-refractivity contribution in [3.05, 3.63) is 63.7 Å². The molecule has 0 radical (unpaired) electrons. The van der Waals surface area contributed by atoms with Crippen LogP contribution in [0.2, 0.25) is 5.02 Å². The summed E-state index contributed by atoms with van der Waals surface area (Å²) in [7, 11) is 0. The molecule has 1 N–H and O–H groups in total. The van der Waals surface area contributed by atoms with Crippen molar-refractivity contribution in [2.75, 3.05) is 4.90 Å². The lowest BCUT2D eigenvalue weighted by Gasteiger charge is -2.20. The summed E-state index contributed by atoms with van der Waals surface area (Å²) in [5.74, 6) is -1.45. The quantitative estimate of drug-likeness (QED) is 0.914. The maximum atomic E-state index is 12.8. The van der Waals surface area contributed by atoms with E-state index in [0.717, 1.165) is 0 Å². The SMILES string of the molecule is Cc1c(Cl)ccc2c1C(=O)N(c1cccc(C(=O)O)c1)C2C#N. The van der Waals surface area contributed by atoms with Gasteiger partial charge in [0, 0.05) is 16.3 Å². The van der Waals surface area contributed by atoms with E-state index in [1.54, 1.807) is 31.2 Å². The number of hydrogen-bond donors (Lipinski definition) is 1. The van der Waals surface area contributed by atoms with Gasteiger partial charge in [-0.15, -0.1) is 0 Å². The van der Waals surface area contributed by atoms with E-state index < -0.39 is 12.0 Å². The molecule has 1 aliphatic rings. The average Bonchev–Trinajstić information content (AvgIpc) is 2.83. The van der Waals surface area contributed by atoms with Gasteiger partial charge in [0.05, 0.1) is 17.2 Å². The minimum Gasteiger partial charge on any atom is -0.478 e. The van der Waals surface area contributed by atoms with Crippen molar-refractivity contribution in [3.8, 4) is 6.07 Å². The van der Waals surface area contributed by atoms with Gasteiger partial charge in [-0.2, -0.15) is 5.26 Å². The van der Waals surface area contributed by atoms with Crippen molar-refractivity contribution in [1.82, 2.24) is 0 Å². The van der Waals surface area contributed by atoms with Crippen LogP contribution in [0.3, 0.4) is 0 Å². The van der Waals surface area contributed by atoms with Gasteiger partial charge >= 0.3 is 5.97 Å². The topological polar surface area (TPSA) is 81.4 Å². The highest BCUT2D eigenvalue weighted by molar-refractivity contribution is 6.32. The highest BCUT2D eigenvalue weighted by atomic mass is 35.5. The number of carbonyl (C=O) groups excluding carboxylic acids is 1. The van der Waals surface area contributed by atoms with Crippen LogP contribution in [-0.4, -0.2) is 17.0 Å². The molecule has 5 nitrogen and oxygen atoms in total. The van der Waals surface area contributed by atoms with Crippen LogP contribution in [0.4, 0.5) is 5.69 Å². The Morgan fingerprint density at radius 2 is 2.09 bits per heavy atom. The van der Waals surface area contributed by atoms with Crippen LogP contribution < -0.4 is 4.90 Å². The van der Waals surface area contributed by atoms with Gasteiger partial charge in [0.2, 0.25) is 0 Å². The Bertz CT molecular complexity index is 886. The maximum Gasteiger partial charge on any atom is 0.335 e. The molecule has 1 amide bonds. The Morgan fingerprint density at radius 3 is 2.74 bits per heavy atom. The number of rotatable bonds is 2. The molecule has 0 aliphatic carbocycles. The third-order valence-corrected chi connectivity index (χ3v) is 4.32. The summed E-state index contributed by atoms with van der Waals surface area (Å²) < 4.78 is 0. The molecule has 0 saturated carbocycles. The molecule has 3 rings (SSSR count). The fourth-order valence-electron chi connectivity index (χ4n) is 2.78. The lowest BCUT2D eigenvalue weighted by Crippen LogP contribution is -2.27. The first-order valence-electron chi connectivity index (χ1n) is 6.81. The largest absolute Gasteiger partial charge is 0.478 e. The van der Waals surface area contributed by atoms with Gasteiger partial charge in [-0.1, -0.05) is 23.7 Å². The molecule has 114 valence electrons. The van der Waals surface area contributed by atoms with Crippen LogP contribution in [0.5, 0.6) is 0 Å². The van der Waals surface area contributed by atoms with E-state index >= 15 is 0 Å². The Hall–Kier alpha value is -2.84. The number of carboxylic acid groups (broad SMARTS) is 1. The number of nitrogens with zero attached hydrogens (tertiary/aromatic N) is 2. The summed E-state index contributed by atoms with van der Waals surface area (Å²) in [6.45, 7) is 1.73. The molecule has 0 spiro atoms. The van der Waals surface area contributed by atoms with Crippen molar-refractivity contribution in [1.29, 1.82) is 5.26 Å². The predicted molar refractivity (Wildman–Crippen MR) is 84.8 cm³/mol. The third kappa shape index (κ3) is 2.24. The molecule has 0 aromatic heterocycles. The number of hydrogen-bond acceptors (Lipinski definition) is 3. The van der Waals surface area contributed by atoms with Gasteiger partial charge in [0.15, 0.2) is 6.04 Å². The lowest BCUT2D eigenvalue weighted by atomic mass is 10.0. The summed E-state index contributed by atoms with van der Waals surface area (Å²) >= 11 is 6.08. The van der Waals surface area contributed by atoms with E-state index in [1.165, 1.54) is 17.0 Å². The van der Waals surface area contributed by atoms with Crippen molar-refractivity contribution >= 4 is 29.2 Å². The van der Waals surface area contributed by atoms with Crippen molar-refractivity contribution in [2.24, 2.45) is 0 Å². The van der Waals surface area contributed by atoms with Crippen LogP contribution >= 0.6 is 11.6 Å². The van der Waals surface area contributed by atoms with Gasteiger partial charge < -0.3 is 5.11 Å². The van der Waals surface area contributed by atoms with Crippen molar-refractivity contribution in [3.63, 3.8) is 0 Å². The number of fused-ring (bicyclic) bond motifs is 1. The number of halogens is 1. The Balaban J connectivity index is 2.17. The molecular formula is C17H11ClN2O3. The zero-order chi connectivity index (χ0) is 16.7. The van der Waals surface area contributed by atoms with E-state index in [0.29, 0.717) is 27.4 Å². The Kier molecular flexibility index (Phi) is 3.55. The molecule has 2 aromatic carbocycles. The van der Waals surface area contributed by atoms with Crippen LogP contribution in [0.1, 0.15) is 37.9 Å². The molecule has 1 atom stereocenters. The molecule has 1 heterocycles. The van der Waals surface area contributed by atoms with Crippen LogP contribution in [0.15, 0.2) is 36.4 Å². The van der Waals surface area contributed by atoms with Gasteiger partial charge in [-0.05, 0) is 36.8 Å². The second-order valence-corrected chi connectivity index (χ2v) is 5.61. The van der Waals surface area contributed by atoms with Gasteiger partial charge in [-0.25, -0.2) is 4.79 Å². The highest BCUT2D eigenvalue weighted by Gasteiger charge is 2.39. The van der Waals surface area contributed by atoms with Crippen molar-refractivity contribution in [2.45, 2.75) is 13.0 Å². The summed E-state index contributed by atoms with van der Waals surface area (Å²) in [4.78, 5) is 25.2. The van der Waals surface area contributed by atoms with E-state index in [-0.39, 0.29) is 11.5 Å². The van der Waals surface area contributed by atoms with E-state index in [9.17, 15) is 14.9 Å². The first-order valence-corrected chi connectivity index (χ1v) is 7.19. The number of amides is 1. The minimum absolute atomic E-state index is 0.0534. The van der Waals surface area contributed by atoms with Gasteiger partial charge in [-0.3, -0.25) is 9.69 Å². The standard InChI is InChI=1S/C17H11ClN2O3/c1-9-13(18)6-5-12-14(8-19)20(16(21)15(9)12)11-4-2-3-10(7-11)17(22)23/h2-7,14H,1H3,(H,22,23). The molecule has 0 bridgehead atoms. The zero-order valence-corrected chi connectivity index (χ0v) is 12.8. The summed E-state index contributed by atoms with van der Waals surface area (Å²) in [5, 5.41) is 19.1. The molecule has 2 aromatic rings. The van der Waals surface area contributed by atoms with Gasteiger partial charge in [0.1, 0.15) is 0 Å². The van der Waals surface area contributed by atoms with E-state index in [1.807, 2.05) is 0 Å². The lowest BCUT2D eigenvalue weighted by molar-refractivity contribution is 0.0696. The number of aromatic carboxylic acids is 1. The summed E-state index contributed by atoms with van der Waals surface area (Å²) in [6, 6.07) is 10.6. The fourth-order valence-corrected chi connectivity index (χ4v) is 2.94. The molecule has 0 saturated heterocycles. The third-order valence-electron chi connectivity index (χ3n) is 3.91. The molecule has 0 fully saturated rings. The van der Waals surface area contributed by atoms with Crippen LogP contribution in [-0.2, 0) is 0 Å². The second-order valence-electron chi connectivity index (χ2n) is 5.20. The smallest absolute Gasteiger partial charge is 0.335 e. The monoisotopic (exact) mass is 326 g/mol. The molecule has 23 heavy (non-hydrogen) atoms. The highest BCUT2D eigenvalue weighted by Crippen LogP contribution is 2.40. The average molecular weight is 327 g/mol. The van der Waals surface area contributed by atoms with Crippen LogP contribution in [0.25, 0.3) is 0 Å².